The molecule has 1 aromatic rings. The minimum atomic E-state index is -3.04. The summed E-state index contributed by atoms with van der Waals surface area (Å²) in [5.74, 6) is 0.203. The number of hydrogen-bond donors (Lipinski definition) is 1. The molecule has 2 heterocycles. The first-order valence-electron chi connectivity index (χ1n) is 7.34. The quantitative estimate of drug-likeness (QED) is 0.901. The van der Waals surface area contributed by atoms with E-state index in [-0.39, 0.29) is 23.6 Å². The minimum Gasteiger partial charge on any atom is -0.312 e. The second kappa shape index (κ2) is 6.24. The second-order valence-corrected chi connectivity index (χ2v) is 8.10. The highest BCUT2D eigenvalue weighted by Gasteiger charge is 2.41. The highest BCUT2D eigenvalue weighted by atomic mass is 35.5. The van der Waals surface area contributed by atoms with Crippen molar-refractivity contribution in [3.05, 3.63) is 35.4 Å². The summed E-state index contributed by atoms with van der Waals surface area (Å²) in [5, 5.41) is 3.50. The summed E-state index contributed by atoms with van der Waals surface area (Å²) in [5.41, 5.74) is 2.91. The number of piperidine rings is 1. The van der Waals surface area contributed by atoms with Crippen LogP contribution in [0.3, 0.4) is 0 Å². The number of halogens is 1. The predicted octanol–water partition coefficient (Wildman–Crippen LogP) is 1.89. The maximum atomic E-state index is 12.0. The van der Waals surface area contributed by atoms with Gasteiger partial charge in [-0.15, -0.1) is 12.4 Å². The van der Waals surface area contributed by atoms with Gasteiger partial charge in [-0.05, 0) is 30.9 Å². The van der Waals surface area contributed by atoms with Crippen molar-refractivity contribution in [1.82, 2.24) is 9.62 Å². The molecule has 4 nitrogen and oxygen atoms in total. The molecule has 1 N–H and O–H groups in total. The summed E-state index contributed by atoms with van der Waals surface area (Å²) in [6.07, 6.45) is 1.83. The third-order valence-corrected chi connectivity index (χ3v) is 6.69. The maximum absolute atomic E-state index is 12.0. The Labute approximate surface area is 133 Å². The van der Waals surface area contributed by atoms with Crippen LogP contribution in [-0.2, 0) is 22.0 Å². The summed E-state index contributed by atoms with van der Waals surface area (Å²) in [6, 6.07) is 8.58. The molecule has 1 aromatic carbocycles. The van der Waals surface area contributed by atoms with E-state index in [1.807, 2.05) is 0 Å². The van der Waals surface area contributed by atoms with Crippen molar-refractivity contribution in [2.45, 2.75) is 31.7 Å². The molecule has 1 saturated heterocycles. The molecule has 2 aliphatic rings. The Balaban J connectivity index is 0.00000161. The molecule has 1 fully saturated rings. The minimum absolute atomic E-state index is 0. The maximum Gasteiger partial charge on any atom is 0.213 e. The smallest absolute Gasteiger partial charge is 0.213 e. The third kappa shape index (κ3) is 2.97. The van der Waals surface area contributed by atoms with E-state index in [1.54, 1.807) is 11.2 Å². The van der Waals surface area contributed by atoms with Crippen LogP contribution in [0.2, 0.25) is 0 Å². The Morgan fingerprint density at radius 3 is 2.57 bits per heavy atom. The van der Waals surface area contributed by atoms with E-state index in [0.29, 0.717) is 13.1 Å². The number of nitrogens with zero attached hydrogens (tertiary/aromatic N) is 1. The van der Waals surface area contributed by atoms with Crippen LogP contribution in [0.5, 0.6) is 0 Å². The number of nitrogens with one attached hydrogen (secondary N) is 1. The van der Waals surface area contributed by atoms with Crippen LogP contribution in [0.1, 0.15) is 30.9 Å². The average molecular weight is 331 g/mol. The van der Waals surface area contributed by atoms with Crippen LogP contribution in [0.15, 0.2) is 24.3 Å². The first-order valence-corrected chi connectivity index (χ1v) is 8.95. The van der Waals surface area contributed by atoms with Crippen LogP contribution in [0, 0.1) is 0 Å². The molecule has 0 radical (unpaired) electrons. The Bertz CT molecular complexity index is 595. The molecule has 0 saturated carbocycles. The Hall–Kier alpha value is -0.620. The molecule has 21 heavy (non-hydrogen) atoms. The van der Waals surface area contributed by atoms with E-state index in [1.165, 1.54) is 11.1 Å². The molecule has 118 valence electrons. The van der Waals surface area contributed by atoms with Gasteiger partial charge in [-0.25, -0.2) is 12.7 Å². The SMILES string of the molecule is CCS(=O)(=O)N1CCC2(CC1)CNCc1ccccc12.Cl. The summed E-state index contributed by atoms with van der Waals surface area (Å²) >= 11 is 0. The number of rotatable bonds is 2. The molecule has 0 aliphatic carbocycles. The first kappa shape index (κ1) is 16.7. The number of hydrogen-bond acceptors (Lipinski definition) is 3. The predicted molar refractivity (Wildman–Crippen MR) is 87.3 cm³/mol. The van der Waals surface area contributed by atoms with Crippen molar-refractivity contribution >= 4 is 22.4 Å². The van der Waals surface area contributed by atoms with Crippen molar-refractivity contribution in [1.29, 1.82) is 0 Å². The summed E-state index contributed by atoms with van der Waals surface area (Å²) in [4.78, 5) is 0. The van der Waals surface area contributed by atoms with Gasteiger partial charge in [0.2, 0.25) is 10.0 Å². The van der Waals surface area contributed by atoms with Crippen molar-refractivity contribution < 1.29 is 8.42 Å². The standard InChI is InChI=1S/C15H22N2O2S.ClH/c1-2-20(18,19)17-9-7-15(8-10-17)12-16-11-13-5-3-4-6-14(13)15;/h3-6,16H,2,7-12H2,1H3;1H. The van der Waals surface area contributed by atoms with Crippen LogP contribution in [0.25, 0.3) is 0 Å². The summed E-state index contributed by atoms with van der Waals surface area (Å²) in [6.45, 7) is 4.90. The molecule has 1 spiro atoms. The number of sulfonamides is 1. The first-order chi connectivity index (χ1) is 9.57. The molecule has 3 rings (SSSR count). The molecule has 0 aromatic heterocycles. The normalized spacial score (nSPS) is 21.6. The third-order valence-electron chi connectivity index (χ3n) is 4.81. The molecule has 0 amide bonds. The van der Waals surface area contributed by atoms with Crippen LogP contribution >= 0.6 is 12.4 Å². The van der Waals surface area contributed by atoms with E-state index >= 15 is 0 Å². The van der Waals surface area contributed by atoms with Gasteiger partial charge >= 0.3 is 0 Å². The van der Waals surface area contributed by atoms with Gasteiger partial charge in [0.05, 0.1) is 5.75 Å². The summed E-state index contributed by atoms with van der Waals surface area (Å²) < 4.78 is 25.6. The second-order valence-electron chi connectivity index (χ2n) is 5.84. The molecule has 0 unspecified atom stereocenters. The molecule has 2 aliphatic heterocycles. The summed E-state index contributed by atoms with van der Waals surface area (Å²) in [7, 11) is -3.04. The Morgan fingerprint density at radius 2 is 1.90 bits per heavy atom. The van der Waals surface area contributed by atoms with E-state index in [0.717, 1.165) is 25.9 Å². The lowest BCUT2D eigenvalue weighted by molar-refractivity contribution is 0.216. The topological polar surface area (TPSA) is 49.4 Å². The van der Waals surface area contributed by atoms with Gasteiger partial charge in [-0.3, -0.25) is 0 Å². The van der Waals surface area contributed by atoms with Crippen LogP contribution in [-0.4, -0.2) is 38.1 Å². The fourth-order valence-corrected chi connectivity index (χ4v) is 4.65. The van der Waals surface area contributed by atoms with Crippen molar-refractivity contribution in [2.75, 3.05) is 25.4 Å². The Kier molecular flexibility index (Phi) is 4.98. The largest absolute Gasteiger partial charge is 0.312 e. The van der Waals surface area contributed by atoms with E-state index < -0.39 is 10.0 Å². The van der Waals surface area contributed by atoms with E-state index in [4.69, 9.17) is 0 Å². The van der Waals surface area contributed by atoms with Crippen molar-refractivity contribution in [3.8, 4) is 0 Å². The lowest BCUT2D eigenvalue weighted by atomic mass is 9.70. The number of fused-ring (bicyclic) bond motifs is 2. The number of benzene rings is 1. The molecule has 0 atom stereocenters. The highest BCUT2D eigenvalue weighted by Crippen LogP contribution is 2.39. The molecular weight excluding hydrogens is 308 g/mol. The lowest BCUT2D eigenvalue weighted by Gasteiger charge is -2.45. The van der Waals surface area contributed by atoms with Crippen LogP contribution < -0.4 is 5.32 Å². The fraction of sp³-hybridized carbons (Fsp3) is 0.600. The zero-order chi connectivity index (χ0) is 14.2. The van der Waals surface area contributed by atoms with Gasteiger partial charge in [0, 0.05) is 31.6 Å². The van der Waals surface area contributed by atoms with Gasteiger partial charge in [0.15, 0.2) is 0 Å². The van der Waals surface area contributed by atoms with E-state index in [2.05, 4.69) is 29.6 Å². The zero-order valence-corrected chi connectivity index (χ0v) is 14.0. The lowest BCUT2D eigenvalue weighted by Crippen LogP contribution is -2.52. The molecule has 6 heteroatoms. The monoisotopic (exact) mass is 330 g/mol. The zero-order valence-electron chi connectivity index (χ0n) is 12.3. The molecule has 0 bridgehead atoms. The van der Waals surface area contributed by atoms with Gasteiger partial charge in [0.1, 0.15) is 0 Å². The van der Waals surface area contributed by atoms with Crippen molar-refractivity contribution in [2.24, 2.45) is 0 Å². The van der Waals surface area contributed by atoms with Gasteiger partial charge in [0.25, 0.3) is 0 Å². The van der Waals surface area contributed by atoms with Crippen LogP contribution in [0.4, 0.5) is 0 Å². The van der Waals surface area contributed by atoms with Crippen molar-refractivity contribution in [3.63, 3.8) is 0 Å². The fourth-order valence-electron chi connectivity index (χ4n) is 3.54. The van der Waals surface area contributed by atoms with E-state index in [9.17, 15) is 8.42 Å². The average Bonchev–Trinajstić information content (AvgIpc) is 2.48. The highest BCUT2D eigenvalue weighted by molar-refractivity contribution is 7.89. The van der Waals surface area contributed by atoms with Gasteiger partial charge in [-0.1, -0.05) is 24.3 Å². The molecular formula is C15H23ClN2O2S. The Morgan fingerprint density at radius 1 is 1.24 bits per heavy atom. The van der Waals surface area contributed by atoms with Gasteiger partial charge in [-0.2, -0.15) is 0 Å². The van der Waals surface area contributed by atoms with Gasteiger partial charge < -0.3 is 5.32 Å².